The summed E-state index contributed by atoms with van der Waals surface area (Å²) in [6.07, 6.45) is 10.9. The summed E-state index contributed by atoms with van der Waals surface area (Å²) in [5.41, 5.74) is 1.94. The quantitative estimate of drug-likeness (QED) is 0.317. The lowest BCUT2D eigenvalue weighted by Gasteiger charge is -2.43. The zero-order chi connectivity index (χ0) is 34.5. The number of methoxy groups -OCH3 is 3. The van der Waals surface area contributed by atoms with Gasteiger partial charge in [0.25, 0.3) is 5.91 Å². The van der Waals surface area contributed by atoms with Gasteiger partial charge in [0.05, 0.1) is 19.0 Å². The molecule has 1 saturated carbocycles. The van der Waals surface area contributed by atoms with Crippen LogP contribution in [0.15, 0.2) is 24.4 Å². The maximum atomic E-state index is 13.4. The molecule has 3 fully saturated rings. The third-order valence-corrected chi connectivity index (χ3v) is 11.0. The summed E-state index contributed by atoms with van der Waals surface area (Å²) in [6.45, 7) is 6.93. The molecular weight excluding hydrogens is 624 g/mol. The van der Waals surface area contributed by atoms with Gasteiger partial charge in [-0.2, -0.15) is 4.98 Å². The van der Waals surface area contributed by atoms with E-state index in [4.69, 9.17) is 19.2 Å². The van der Waals surface area contributed by atoms with E-state index in [9.17, 15) is 9.59 Å². The molecule has 13 nitrogen and oxygen atoms in total. The van der Waals surface area contributed by atoms with Crippen molar-refractivity contribution in [3.63, 3.8) is 0 Å². The molecule has 1 aliphatic carbocycles. The number of amides is 2. The number of carbonyl (C=O) groups excluding carboxylic acids is 2. The fourth-order valence-corrected chi connectivity index (χ4v) is 8.10. The van der Waals surface area contributed by atoms with Gasteiger partial charge in [-0.3, -0.25) is 14.5 Å². The molecule has 4 heterocycles. The molecule has 49 heavy (non-hydrogen) atoms. The van der Waals surface area contributed by atoms with Gasteiger partial charge in [0.1, 0.15) is 17.5 Å². The topological polar surface area (TPSA) is 125 Å². The minimum absolute atomic E-state index is 0.0864. The lowest BCUT2D eigenvalue weighted by molar-refractivity contribution is -0.120. The minimum Gasteiger partial charge on any atom is -0.495 e. The predicted molar refractivity (Wildman–Crippen MR) is 190 cm³/mol. The van der Waals surface area contributed by atoms with Crippen molar-refractivity contribution in [2.75, 3.05) is 76.2 Å². The third-order valence-electron chi connectivity index (χ3n) is 11.0. The maximum absolute atomic E-state index is 13.4. The van der Waals surface area contributed by atoms with Gasteiger partial charge in [0.2, 0.25) is 11.9 Å². The summed E-state index contributed by atoms with van der Waals surface area (Å²) >= 11 is 0. The van der Waals surface area contributed by atoms with Crippen LogP contribution in [0.5, 0.6) is 5.75 Å². The van der Waals surface area contributed by atoms with Gasteiger partial charge in [0.15, 0.2) is 12.1 Å². The van der Waals surface area contributed by atoms with Crippen molar-refractivity contribution in [1.29, 1.82) is 0 Å². The highest BCUT2D eigenvalue weighted by atomic mass is 16.7. The molecule has 2 amide bonds. The smallest absolute Gasteiger partial charge is 0.251 e. The van der Waals surface area contributed by atoms with E-state index < -0.39 is 0 Å². The minimum atomic E-state index is -0.239. The first-order valence-electron chi connectivity index (χ1n) is 18.0. The summed E-state index contributed by atoms with van der Waals surface area (Å²) in [5, 5.41) is 6.58. The van der Waals surface area contributed by atoms with Crippen LogP contribution in [-0.4, -0.2) is 123 Å². The first-order chi connectivity index (χ1) is 23.8. The monoisotopic (exact) mass is 678 g/mol. The van der Waals surface area contributed by atoms with E-state index in [0.717, 1.165) is 95.6 Å². The second-order valence-corrected chi connectivity index (χ2v) is 13.8. The molecule has 6 rings (SSSR count). The number of aromatic nitrogens is 2. The zero-order valence-corrected chi connectivity index (χ0v) is 29.8. The Kier molecular flexibility index (Phi) is 11.5. The van der Waals surface area contributed by atoms with Crippen molar-refractivity contribution >= 4 is 35.0 Å². The molecule has 1 aromatic heterocycles. The fraction of sp³-hybridized carbons (Fsp3) is 0.667. The Balaban J connectivity index is 1.05. The highest BCUT2D eigenvalue weighted by Gasteiger charge is 2.41. The van der Waals surface area contributed by atoms with Gasteiger partial charge in [-0.25, -0.2) is 4.98 Å². The maximum Gasteiger partial charge on any atom is 0.251 e. The number of nitrogens with one attached hydrogen (secondary N) is 2. The van der Waals surface area contributed by atoms with Gasteiger partial charge in [0, 0.05) is 64.6 Å². The average molecular weight is 679 g/mol. The number of ether oxygens (including phenoxy) is 3. The molecule has 268 valence electrons. The number of rotatable bonds is 12. The SMILES string of the molecule is CC[C@@H]1C(=O)N(C)c2cnc(Nc3ccc(C(=O)NC4CCN(C5CCN(CC(OC)OC)CC5)CC4)cc3OC)nc2N1C1CCCC1. The number of nitrogens with zero attached hydrogens (tertiary/aromatic N) is 6. The largest absolute Gasteiger partial charge is 0.495 e. The third kappa shape index (κ3) is 7.79. The zero-order valence-electron chi connectivity index (χ0n) is 29.8. The van der Waals surface area contributed by atoms with Crippen LogP contribution in [0.3, 0.4) is 0 Å². The van der Waals surface area contributed by atoms with Crippen molar-refractivity contribution in [2.24, 2.45) is 0 Å². The molecule has 0 spiro atoms. The van der Waals surface area contributed by atoms with Crippen molar-refractivity contribution in [3.05, 3.63) is 30.0 Å². The Morgan fingerprint density at radius 1 is 0.980 bits per heavy atom. The molecule has 4 aliphatic rings. The number of benzene rings is 1. The van der Waals surface area contributed by atoms with E-state index in [1.54, 1.807) is 45.5 Å². The van der Waals surface area contributed by atoms with Crippen LogP contribution in [-0.2, 0) is 14.3 Å². The summed E-state index contributed by atoms with van der Waals surface area (Å²) < 4.78 is 16.5. The lowest BCUT2D eigenvalue weighted by Crippen LogP contribution is -2.55. The number of fused-ring (bicyclic) bond motifs is 1. The molecule has 1 atom stereocenters. The molecule has 0 bridgehead atoms. The van der Waals surface area contributed by atoms with Crippen molar-refractivity contribution in [3.8, 4) is 5.75 Å². The molecule has 13 heteroatoms. The average Bonchev–Trinajstić information content (AvgIpc) is 3.67. The normalized spacial score (nSPS) is 21.8. The van der Waals surface area contributed by atoms with E-state index in [2.05, 4.69) is 37.2 Å². The van der Waals surface area contributed by atoms with Crippen molar-refractivity contribution in [2.45, 2.75) is 95.2 Å². The van der Waals surface area contributed by atoms with E-state index in [0.29, 0.717) is 35.4 Å². The van der Waals surface area contributed by atoms with E-state index >= 15 is 0 Å². The number of carbonyl (C=O) groups is 2. The number of likely N-dealkylation sites (N-methyl/N-ethyl adjacent to an activating group) is 1. The summed E-state index contributed by atoms with van der Waals surface area (Å²) in [5.74, 6) is 1.72. The van der Waals surface area contributed by atoms with Crippen LogP contribution in [0.1, 0.15) is 75.1 Å². The van der Waals surface area contributed by atoms with Gasteiger partial charge >= 0.3 is 0 Å². The molecule has 3 aliphatic heterocycles. The van der Waals surface area contributed by atoms with Gasteiger partial charge in [-0.1, -0.05) is 19.8 Å². The van der Waals surface area contributed by atoms with Crippen molar-refractivity contribution < 1.29 is 23.8 Å². The van der Waals surface area contributed by atoms with Crippen LogP contribution < -0.4 is 25.2 Å². The molecule has 2 N–H and O–H groups in total. The van der Waals surface area contributed by atoms with Crippen LogP contribution in [0.2, 0.25) is 0 Å². The highest BCUT2D eigenvalue weighted by molar-refractivity contribution is 6.04. The Bertz CT molecular complexity index is 1430. The molecule has 0 unspecified atom stereocenters. The molecule has 2 aromatic rings. The lowest BCUT2D eigenvalue weighted by atomic mass is 9.97. The molecule has 0 radical (unpaired) electrons. The number of hydrogen-bond donors (Lipinski definition) is 2. The Morgan fingerprint density at radius 3 is 2.35 bits per heavy atom. The molecular formula is C36H54N8O5. The number of piperidine rings is 2. The number of anilines is 4. The molecule has 2 saturated heterocycles. The predicted octanol–water partition coefficient (Wildman–Crippen LogP) is 4.01. The second-order valence-electron chi connectivity index (χ2n) is 13.8. The Labute approximate surface area is 290 Å². The second kappa shape index (κ2) is 16.0. The summed E-state index contributed by atoms with van der Waals surface area (Å²) in [7, 11) is 6.77. The van der Waals surface area contributed by atoms with E-state index in [-0.39, 0.29) is 36.2 Å². The highest BCUT2D eigenvalue weighted by Crippen LogP contribution is 2.40. The van der Waals surface area contributed by atoms with E-state index in [1.165, 1.54) is 0 Å². The standard InChI is InChI=1S/C36H54N8O5/c1-6-29-35(46)41(2)30-22-37-36(40-33(30)44(29)27-9-7-8-10-27)39-28-12-11-24(21-31(28)47-3)34(45)38-25-13-19-43(20-14-25)26-15-17-42(18-16-26)23-32(48-4)49-5/h11-12,21-22,25-27,29,32H,6-10,13-20,23H2,1-5H3,(H,38,45)(H,37,39,40)/t29-/m1/s1. The number of likely N-dealkylation sites (tertiary alicyclic amines) is 2. The van der Waals surface area contributed by atoms with Crippen molar-refractivity contribution in [1.82, 2.24) is 25.1 Å². The number of hydrogen-bond acceptors (Lipinski definition) is 11. The van der Waals surface area contributed by atoms with Crippen LogP contribution in [0, 0.1) is 0 Å². The Hall–Kier alpha value is -3.52. The summed E-state index contributed by atoms with van der Waals surface area (Å²) in [4.78, 5) is 45.0. The summed E-state index contributed by atoms with van der Waals surface area (Å²) in [6, 6.07) is 6.19. The Morgan fingerprint density at radius 2 is 1.69 bits per heavy atom. The van der Waals surface area contributed by atoms with Gasteiger partial charge in [-0.05, 0) is 76.2 Å². The van der Waals surface area contributed by atoms with E-state index in [1.807, 2.05) is 12.1 Å². The molecule has 1 aromatic carbocycles. The van der Waals surface area contributed by atoms with Crippen LogP contribution in [0.4, 0.5) is 23.1 Å². The van der Waals surface area contributed by atoms with Gasteiger partial charge in [-0.15, -0.1) is 0 Å². The fourth-order valence-electron chi connectivity index (χ4n) is 8.10. The first kappa shape index (κ1) is 35.3. The van der Waals surface area contributed by atoms with Crippen LogP contribution >= 0.6 is 0 Å². The van der Waals surface area contributed by atoms with Gasteiger partial charge < -0.3 is 39.5 Å². The van der Waals surface area contributed by atoms with Crippen LogP contribution in [0.25, 0.3) is 0 Å². The first-order valence-corrected chi connectivity index (χ1v) is 18.0.